The number of aryl methyl sites for hydroxylation is 2. The Hall–Kier alpha value is -2.33. The minimum absolute atomic E-state index is 0.247. The monoisotopic (exact) mass is 366 g/mol. The van der Waals surface area contributed by atoms with E-state index in [0.29, 0.717) is 13.0 Å². The SMILES string of the molecule is CCOc1ccccc1CCC(=O)N1CCN(Cc2ccccc2C)CC1. The predicted molar refractivity (Wildman–Crippen MR) is 109 cm³/mol. The third-order valence-corrected chi connectivity index (χ3v) is 5.26. The lowest BCUT2D eigenvalue weighted by molar-refractivity contribution is -0.133. The van der Waals surface area contributed by atoms with E-state index in [-0.39, 0.29) is 5.91 Å². The molecule has 0 atom stereocenters. The second kappa shape index (κ2) is 9.56. The average Bonchev–Trinajstić information content (AvgIpc) is 2.70. The lowest BCUT2D eigenvalue weighted by atomic mass is 10.1. The molecule has 0 radical (unpaired) electrons. The lowest BCUT2D eigenvalue weighted by Crippen LogP contribution is -2.48. The van der Waals surface area contributed by atoms with Crippen molar-refractivity contribution in [2.75, 3.05) is 32.8 Å². The summed E-state index contributed by atoms with van der Waals surface area (Å²) in [7, 11) is 0. The van der Waals surface area contributed by atoms with E-state index >= 15 is 0 Å². The molecule has 4 nitrogen and oxygen atoms in total. The molecule has 0 saturated carbocycles. The largest absolute Gasteiger partial charge is 0.494 e. The van der Waals surface area contributed by atoms with Crippen LogP contribution in [0, 0.1) is 6.92 Å². The van der Waals surface area contributed by atoms with Crippen LogP contribution in [0.25, 0.3) is 0 Å². The summed E-state index contributed by atoms with van der Waals surface area (Å²) in [4.78, 5) is 17.1. The number of carbonyl (C=O) groups excluding carboxylic acids is 1. The topological polar surface area (TPSA) is 32.8 Å². The van der Waals surface area contributed by atoms with E-state index in [1.54, 1.807) is 0 Å². The Kier molecular flexibility index (Phi) is 6.88. The third kappa shape index (κ3) is 5.33. The van der Waals surface area contributed by atoms with Gasteiger partial charge in [-0.1, -0.05) is 42.5 Å². The molecule has 27 heavy (non-hydrogen) atoms. The Morgan fingerprint density at radius 3 is 2.33 bits per heavy atom. The molecular weight excluding hydrogens is 336 g/mol. The quantitative estimate of drug-likeness (QED) is 0.749. The Balaban J connectivity index is 1.47. The molecule has 0 unspecified atom stereocenters. The number of hydrogen-bond donors (Lipinski definition) is 0. The van der Waals surface area contributed by atoms with Crippen molar-refractivity contribution >= 4 is 5.91 Å². The smallest absolute Gasteiger partial charge is 0.222 e. The van der Waals surface area contributed by atoms with Crippen molar-refractivity contribution < 1.29 is 9.53 Å². The molecule has 144 valence electrons. The van der Waals surface area contributed by atoms with E-state index in [1.807, 2.05) is 30.0 Å². The molecule has 0 bridgehead atoms. The Morgan fingerprint density at radius 1 is 0.963 bits per heavy atom. The standard InChI is InChI=1S/C23H30N2O2/c1-3-27-22-11-7-6-9-20(22)12-13-23(26)25-16-14-24(15-17-25)18-21-10-5-4-8-19(21)2/h4-11H,3,12-18H2,1-2H3. The molecule has 3 rings (SSSR count). The molecular formula is C23H30N2O2. The summed E-state index contributed by atoms with van der Waals surface area (Å²) < 4.78 is 5.66. The van der Waals surface area contributed by atoms with E-state index in [4.69, 9.17) is 4.74 Å². The summed E-state index contributed by atoms with van der Waals surface area (Å²) in [6.45, 7) is 9.28. The first-order chi connectivity index (χ1) is 13.2. The van der Waals surface area contributed by atoms with Crippen LogP contribution in [0.15, 0.2) is 48.5 Å². The van der Waals surface area contributed by atoms with Gasteiger partial charge in [0.2, 0.25) is 5.91 Å². The first-order valence-electron chi connectivity index (χ1n) is 9.92. The molecule has 0 spiro atoms. The van der Waals surface area contributed by atoms with Gasteiger partial charge in [-0.15, -0.1) is 0 Å². The van der Waals surface area contributed by atoms with Crippen LogP contribution in [0.1, 0.15) is 30.0 Å². The zero-order valence-corrected chi connectivity index (χ0v) is 16.5. The van der Waals surface area contributed by atoms with E-state index in [2.05, 4.69) is 42.2 Å². The van der Waals surface area contributed by atoms with E-state index < -0.39 is 0 Å². The normalized spacial score (nSPS) is 15.0. The maximum atomic E-state index is 12.6. The zero-order chi connectivity index (χ0) is 19.1. The second-order valence-electron chi connectivity index (χ2n) is 7.12. The summed E-state index contributed by atoms with van der Waals surface area (Å²) in [6, 6.07) is 16.6. The van der Waals surface area contributed by atoms with Crippen molar-refractivity contribution in [2.45, 2.75) is 33.2 Å². The first kappa shape index (κ1) is 19.4. The van der Waals surface area contributed by atoms with Gasteiger partial charge in [0.15, 0.2) is 0 Å². The number of piperazine rings is 1. The third-order valence-electron chi connectivity index (χ3n) is 5.26. The van der Waals surface area contributed by atoms with Gasteiger partial charge in [-0.3, -0.25) is 9.69 Å². The van der Waals surface area contributed by atoms with Crippen LogP contribution in [-0.4, -0.2) is 48.5 Å². The van der Waals surface area contributed by atoms with Gasteiger partial charge in [0.05, 0.1) is 6.61 Å². The van der Waals surface area contributed by atoms with Gasteiger partial charge >= 0.3 is 0 Å². The van der Waals surface area contributed by atoms with Crippen LogP contribution in [-0.2, 0) is 17.8 Å². The highest BCUT2D eigenvalue weighted by Crippen LogP contribution is 2.20. The van der Waals surface area contributed by atoms with Crippen molar-refractivity contribution in [1.82, 2.24) is 9.80 Å². The molecule has 0 aromatic heterocycles. The minimum atomic E-state index is 0.247. The molecule has 1 amide bonds. The molecule has 0 N–H and O–H groups in total. The number of rotatable bonds is 7. The van der Waals surface area contributed by atoms with Crippen LogP contribution in [0.2, 0.25) is 0 Å². The molecule has 1 aliphatic rings. The Bertz CT molecular complexity index is 752. The van der Waals surface area contributed by atoms with E-state index in [1.165, 1.54) is 11.1 Å². The van der Waals surface area contributed by atoms with Gasteiger partial charge < -0.3 is 9.64 Å². The van der Waals surface area contributed by atoms with Crippen molar-refractivity contribution in [2.24, 2.45) is 0 Å². The van der Waals surface area contributed by atoms with Gasteiger partial charge in [0.1, 0.15) is 5.75 Å². The highest BCUT2D eigenvalue weighted by atomic mass is 16.5. The molecule has 4 heteroatoms. The number of ether oxygens (including phenoxy) is 1. The van der Waals surface area contributed by atoms with Crippen molar-refractivity contribution in [3.8, 4) is 5.75 Å². The van der Waals surface area contributed by atoms with Crippen LogP contribution in [0.4, 0.5) is 0 Å². The molecule has 0 aliphatic carbocycles. The number of carbonyl (C=O) groups is 1. The van der Waals surface area contributed by atoms with Crippen LogP contribution in [0.3, 0.4) is 0 Å². The van der Waals surface area contributed by atoms with Crippen molar-refractivity contribution in [1.29, 1.82) is 0 Å². The zero-order valence-electron chi connectivity index (χ0n) is 16.5. The van der Waals surface area contributed by atoms with Crippen LogP contribution < -0.4 is 4.74 Å². The summed E-state index contributed by atoms with van der Waals surface area (Å²) in [5.41, 5.74) is 3.83. The minimum Gasteiger partial charge on any atom is -0.494 e. The maximum absolute atomic E-state index is 12.6. The van der Waals surface area contributed by atoms with Gasteiger partial charge in [0.25, 0.3) is 0 Å². The van der Waals surface area contributed by atoms with Gasteiger partial charge in [0, 0.05) is 39.1 Å². The fourth-order valence-electron chi connectivity index (χ4n) is 3.59. The molecule has 1 saturated heterocycles. The highest BCUT2D eigenvalue weighted by molar-refractivity contribution is 5.76. The Morgan fingerprint density at radius 2 is 1.63 bits per heavy atom. The van der Waals surface area contributed by atoms with Crippen LogP contribution in [0.5, 0.6) is 5.75 Å². The second-order valence-corrected chi connectivity index (χ2v) is 7.12. The maximum Gasteiger partial charge on any atom is 0.222 e. The van der Waals surface area contributed by atoms with Gasteiger partial charge in [-0.2, -0.15) is 0 Å². The summed E-state index contributed by atoms with van der Waals surface area (Å²) >= 11 is 0. The number of hydrogen-bond acceptors (Lipinski definition) is 3. The number of nitrogens with zero attached hydrogens (tertiary/aromatic N) is 2. The van der Waals surface area contributed by atoms with Gasteiger partial charge in [-0.05, 0) is 43.0 Å². The van der Waals surface area contributed by atoms with E-state index in [9.17, 15) is 4.79 Å². The lowest BCUT2D eigenvalue weighted by Gasteiger charge is -2.35. The molecule has 2 aromatic rings. The molecule has 1 heterocycles. The summed E-state index contributed by atoms with van der Waals surface area (Å²) in [5.74, 6) is 1.15. The molecule has 1 fully saturated rings. The highest BCUT2D eigenvalue weighted by Gasteiger charge is 2.21. The van der Waals surface area contributed by atoms with Crippen molar-refractivity contribution in [3.05, 3.63) is 65.2 Å². The average molecular weight is 367 g/mol. The number of amides is 1. The fourth-order valence-corrected chi connectivity index (χ4v) is 3.59. The van der Waals surface area contributed by atoms with Crippen LogP contribution >= 0.6 is 0 Å². The van der Waals surface area contributed by atoms with E-state index in [0.717, 1.165) is 50.5 Å². The predicted octanol–water partition coefficient (Wildman–Crippen LogP) is 3.67. The fraction of sp³-hybridized carbons (Fsp3) is 0.435. The van der Waals surface area contributed by atoms with Crippen molar-refractivity contribution in [3.63, 3.8) is 0 Å². The first-order valence-corrected chi connectivity index (χ1v) is 9.92. The number of benzene rings is 2. The summed E-state index contributed by atoms with van der Waals surface area (Å²) in [6.07, 6.45) is 1.28. The Labute approximate surface area is 162 Å². The van der Waals surface area contributed by atoms with Gasteiger partial charge in [-0.25, -0.2) is 0 Å². The molecule has 1 aliphatic heterocycles. The number of para-hydroxylation sites is 1. The molecule has 2 aromatic carbocycles. The summed E-state index contributed by atoms with van der Waals surface area (Å²) in [5, 5.41) is 0.